The van der Waals surface area contributed by atoms with Crippen molar-refractivity contribution in [1.82, 2.24) is 0 Å². The zero-order chi connectivity index (χ0) is 21.6. The fourth-order valence-corrected chi connectivity index (χ4v) is 3.05. The molecule has 0 bridgehead atoms. The number of alkyl halides is 1. The molecular weight excluding hydrogens is 382 g/mol. The largest absolute Gasteiger partial charge is 0.455 e. The van der Waals surface area contributed by atoms with E-state index in [-0.39, 0.29) is 25.2 Å². The predicted molar refractivity (Wildman–Crippen MR) is 106 cm³/mol. The maximum absolute atomic E-state index is 14.2. The van der Waals surface area contributed by atoms with Gasteiger partial charge in [-0.15, -0.1) is 0 Å². The number of carbonyl (C=O) groups excluding carboxylic acids is 1. The molecule has 1 aliphatic heterocycles. The maximum atomic E-state index is 14.2. The summed E-state index contributed by atoms with van der Waals surface area (Å²) < 4.78 is 29.7. The van der Waals surface area contributed by atoms with Crippen molar-refractivity contribution in [2.75, 3.05) is 26.4 Å². The first kappa shape index (κ1) is 26.0. The Hall–Kier alpha value is -1.06. The normalized spacial score (nSPS) is 20.8. The van der Waals surface area contributed by atoms with Crippen LogP contribution in [-0.4, -0.2) is 78.3 Å². The molecule has 1 rings (SSSR count). The molecule has 29 heavy (non-hydrogen) atoms. The third-order valence-corrected chi connectivity index (χ3v) is 4.75. The number of halogens is 1. The molecule has 0 radical (unpaired) electrons. The molecule has 0 amide bonds. The minimum Gasteiger partial charge on any atom is -0.455 e. The molecule has 1 heterocycles. The number of unbranched alkanes of at least 4 members (excludes halogenated alkanes) is 2. The van der Waals surface area contributed by atoms with Crippen LogP contribution in [0.15, 0.2) is 11.6 Å². The average Bonchev–Trinajstić information content (AvgIpc) is 3.03. The van der Waals surface area contributed by atoms with Gasteiger partial charge in [-0.05, 0) is 32.3 Å². The molecule has 0 aliphatic carbocycles. The van der Waals surface area contributed by atoms with Crippen molar-refractivity contribution in [1.29, 1.82) is 0 Å². The molecule has 0 aromatic heterocycles. The molecular formula is C21H37FO7. The highest BCUT2D eigenvalue weighted by molar-refractivity contribution is 5.92. The maximum Gasteiger partial charge on any atom is 0.337 e. The van der Waals surface area contributed by atoms with Gasteiger partial charge in [-0.3, -0.25) is 0 Å². The van der Waals surface area contributed by atoms with Gasteiger partial charge in [-0.1, -0.05) is 32.6 Å². The number of hydrogen-bond acceptors (Lipinski definition) is 7. The SMILES string of the molecule is CCCCC(O)COCCOCC(O)CCCCC(O)C([18F])C1=C[C@H](C)OC1=O. The fraction of sp³-hybridized carbons (Fsp3) is 0.857. The lowest BCUT2D eigenvalue weighted by atomic mass is 10.00. The molecule has 7 nitrogen and oxygen atoms in total. The van der Waals surface area contributed by atoms with Gasteiger partial charge in [0.1, 0.15) is 6.10 Å². The monoisotopic (exact) mass is 419 g/mol. The Morgan fingerprint density at radius 1 is 1.03 bits per heavy atom. The van der Waals surface area contributed by atoms with E-state index in [2.05, 4.69) is 6.92 Å². The molecule has 3 N–H and O–H groups in total. The molecule has 8 heteroatoms. The van der Waals surface area contributed by atoms with Gasteiger partial charge in [0, 0.05) is 0 Å². The summed E-state index contributed by atoms with van der Waals surface area (Å²) in [4.78, 5) is 11.5. The van der Waals surface area contributed by atoms with Crippen molar-refractivity contribution >= 4 is 5.97 Å². The minimum absolute atomic E-state index is 0.112. The topological polar surface area (TPSA) is 105 Å². The van der Waals surface area contributed by atoms with E-state index in [1.54, 1.807) is 6.92 Å². The summed E-state index contributed by atoms with van der Waals surface area (Å²) in [6, 6.07) is 0. The van der Waals surface area contributed by atoms with Gasteiger partial charge in [-0.2, -0.15) is 0 Å². The van der Waals surface area contributed by atoms with E-state index in [9.17, 15) is 24.5 Å². The van der Waals surface area contributed by atoms with Crippen molar-refractivity contribution in [2.45, 2.75) is 89.4 Å². The first-order valence-electron chi connectivity index (χ1n) is 10.6. The second kappa shape index (κ2) is 14.8. The first-order chi connectivity index (χ1) is 13.8. The Morgan fingerprint density at radius 3 is 2.10 bits per heavy atom. The molecule has 0 spiro atoms. The number of esters is 1. The summed E-state index contributed by atoms with van der Waals surface area (Å²) in [5.41, 5.74) is -0.112. The fourth-order valence-electron chi connectivity index (χ4n) is 3.05. The van der Waals surface area contributed by atoms with Gasteiger partial charge in [0.05, 0.1) is 50.3 Å². The smallest absolute Gasteiger partial charge is 0.337 e. The van der Waals surface area contributed by atoms with Crippen LogP contribution in [0, 0.1) is 0 Å². The second-order valence-corrected chi connectivity index (χ2v) is 7.59. The van der Waals surface area contributed by atoms with E-state index in [1.165, 1.54) is 6.08 Å². The van der Waals surface area contributed by atoms with Gasteiger partial charge in [-0.25, -0.2) is 9.18 Å². The number of ether oxygens (including phenoxy) is 3. The molecule has 4 unspecified atom stereocenters. The van der Waals surface area contributed by atoms with Crippen LogP contribution in [0.2, 0.25) is 0 Å². The van der Waals surface area contributed by atoms with Gasteiger partial charge >= 0.3 is 5.97 Å². The van der Waals surface area contributed by atoms with Gasteiger partial charge in [0.25, 0.3) is 0 Å². The summed E-state index contributed by atoms with van der Waals surface area (Å²) in [5, 5.41) is 29.4. The minimum atomic E-state index is -1.75. The first-order valence-corrected chi connectivity index (χ1v) is 10.6. The van der Waals surface area contributed by atoms with Crippen molar-refractivity contribution < 1.29 is 38.7 Å². The Morgan fingerprint density at radius 2 is 1.59 bits per heavy atom. The van der Waals surface area contributed by atoms with Crippen LogP contribution < -0.4 is 0 Å². The van der Waals surface area contributed by atoms with Crippen molar-refractivity contribution in [3.05, 3.63) is 11.6 Å². The number of aliphatic hydroxyl groups is 3. The zero-order valence-corrected chi connectivity index (χ0v) is 17.6. The van der Waals surface area contributed by atoms with Crippen molar-refractivity contribution in [2.24, 2.45) is 0 Å². The average molecular weight is 420 g/mol. The van der Waals surface area contributed by atoms with Crippen LogP contribution in [-0.2, 0) is 19.0 Å². The molecule has 0 aromatic rings. The summed E-state index contributed by atoms with van der Waals surface area (Å²) in [6.45, 7) is 4.86. The molecule has 0 fully saturated rings. The molecule has 5 atom stereocenters. The highest BCUT2D eigenvalue weighted by atomic mass is 18.2. The van der Waals surface area contributed by atoms with E-state index < -0.39 is 36.6 Å². The van der Waals surface area contributed by atoms with Crippen molar-refractivity contribution in [3.8, 4) is 0 Å². The van der Waals surface area contributed by atoms with E-state index >= 15 is 0 Å². The number of aliphatic hydroxyl groups excluding tert-OH is 3. The van der Waals surface area contributed by atoms with Crippen LogP contribution in [0.25, 0.3) is 0 Å². The third-order valence-electron chi connectivity index (χ3n) is 4.75. The predicted octanol–water partition coefficient (Wildman–Crippen LogP) is 2.06. The van der Waals surface area contributed by atoms with E-state index in [0.29, 0.717) is 32.5 Å². The molecule has 0 saturated carbocycles. The molecule has 0 aromatic carbocycles. The van der Waals surface area contributed by atoms with Crippen LogP contribution in [0.5, 0.6) is 0 Å². The number of cyclic esters (lactones) is 1. The van der Waals surface area contributed by atoms with Crippen molar-refractivity contribution in [3.63, 3.8) is 0 Å². The number of rotatable bonds is 17. The Bertz CT molecular complexity index is 486. The summed E-state index contributed by atoms with van der Waals surface area (Å²) in [6.07, 6.45) is 1.37. The van der Waals surface area contributed by atoms with Crippen LogP contribution in [0.1, 0.15) is 58.8 Å². The highest BCUT2D eigenvalue weighted by Crippen LogP contribution is 2.23. The number of hydrogen-bond donors (Lipinski definition) is 3. The Labute approximate surface area is 172 Å². The van der Waals surface area contributed by atoms with Crippen LogP contribution >= 0.6 is 0 Å². The van der Waals surface area contributed by atoms with E-state index in [1.807, 2.05) is 0 Å². The van der Waals surface area contributed by atoms with Crippen LogP contribution in [0.3, 0.4) is 0 Å². The Balaban J connectivity index is 2.01. The lowest BCUT2D eigenvalue weighted by Crippen LogP contribution is -2.26. The third kappa shape index (κ3) is 11.1. The summed E-state index contributed by atoms with van der Waals surface area (Å²) in [5.74, 6) is -0.712. The molecule has 0 saturated heterocycles. The molecule has 170 valence electrons. The highest BCUT2D eigenvalue weighted by Gasteiger charge is 2.33. The lowest BCUT2D eigenvalue weighted by Gasteiger charge is -2.16. The Kier molecular flexibility index (Phi) is 13.3. The second-order valence-electron chi connectivity index (χ2n) is 7.59. The van der Waals surface area contributed by atoms with E-state index in [4.69, 9.17) is 14.2 Å². The van der Waals surface area contributed by atoms with Gasteiger partial charge in [0.15, 0.2) is 6.17 Å². The standard InChI is InChI=1S/C21H37FO7/c1-3-4-7-16(23)13-27-10-11-28-14-17(24)8-5-6-9-19(25)20(22)18-12-15(2)29-21(18)26/h12,15-17,19-20,23-25H,3-11,13-14H2,1-2H3/t15-,16?,17?,19?,20?/m0/s1/i22-1. The quantitative estimate of drug-likeness (QED) is 0.245. The number of carbonyl (C=O) groups is 1. The van der Waals surface area contributed by atoms with E-state index in [0.717, 1.165) is 19.3 Å². The van der Waals surface area contributed by atoms with Gasteiger partial charge in [0.2, 0.25) is 0 Å². The molecule has 1 aliphatic rings. The summed E-state index contributed by atoms with van der Waals surface area (Å²) >= 11 is 0. The summed E-state index contributed by atoms with van der Waals surface area (Å²) in [7, 11) is 0. The zero-order valence-electron chi connectivity index (χ0n) is 17.6. The van der Waals surface area contributed by atoms with Gasteiger partial charge < -0.3 is 29.5 Å². The lowest BCUT2D eigenvalue weighted by molar-refractivity contribution is -0.140. The van der Waals surface area contributed by atoms with Crippen LogP contribution in [0.4, 0.5) is 4.39 Å².